The summed E-state index contributed by atoms with van der Waals surface area (Å²) in [6, 6.07) is 20.8. The van der Waals surface area contributed by atoms with E-state index >= 15 is 0 Å². The Morgan fingerprint density at radius 1 is 1.02 bits per heavy atom. The van der Waals surface area contributed by atoms with Crippen molar-refractivity contribution in [3.63, 3.8) is 0 Å². The van der Waals surface area contributed by atoms with Gasteiger partial charge >= 0.3 is 5.69 Å². The average molecular weight is 603 g/mol. The fourth-order valence-corrected chi connectivity index (χ4v) is 10.7. The number of hydrogen-bond donors (Lipinski definition) is 0. The van der Waals surface area contributed by atoms with Crippen LogP contribution < -0.4 is 16.1 Å². The molecule has 0 N–H and O–H groups in total. The van der Waals surface area contributed by atoms with E-state index in [2.05, 4.69) is 72.0 Å². The van der Waals surface area contributed by atoms with E-state index < -0.39 is 38.4 Å². The first-order valence-electron chi connectivity index (χ1n) is 14.2. The Balaban J connectivity index is 1.55. The maximum Gasteiger partial charge on any atom is 0.349 e. The topological polar surface area (TPSA) is 115 Å². The largest absolute Gasteiger partial charge is 0.399 e. The molecule has 0 radical (unpaired) electrons. The third-order valence-corrected chi connectivity index (χ3v) is 12.9. The second kappa shape index (κ2) is 12.7. The van der Waals surface area contributed by atoms with Crippen molar-refractivity contribution in [2.75, 3.05) is 13.7 Å². The highest BCUT2D eigenvalue weighted by Gasteiger charge is 2.56. The fourth-order valence-electron chi connectivity index (χ4n) is 6.00. The van der Waals surface area contributed by atoms with Crippen molar-refractivity contribution in [1.29, 1.82) is 0 Å². The lowest BCUT2D eigenvalue weighted by Gasteiger charge is -2.45. The summed E-state index contributed by atoms with van der Waals surface area (Å²) < 4.78 is 23.1. The van der Waals surface area contributed by atoms with Crippen LogP contribution in [-0.2, 0) is 25.3 Å². The molecule has 0 unspecified atom stereocenters. The summed E-state index contributed by atoms with van der Waals surface area (Å²) in [5.41, 5.74) is 0.319. The van der Waals surface area contributed by atoms with Crippen molar-refractivity contribution >= 4 is 25.4 Å². The molecule has 1 aliphatic rings. The Kier molecular flexibility index (Phi) is 9.02. The quantitative estimate of drug-likeness (QED) is 0.146. The second-order valence-corrected chi connectivity index (χ2v) is 15.9. The zero-order chi connectivity index (χ0) is 30.6. The van der Waals surface area contributed by atoms with Crippen LogP contribution in [0.2, 0.25) is 5.04 Å². The Morgan fingerprint density at radius 3 is 2.21 bits per heavy atom. The summed E-state index contributed by atoms with van der Waals surface area (Å²) in [6.45, 7) is 12.3. The van der Waals surface area contributed by atoms with Gasteiger partial charge in [0.2, 0.25) is 0 Å². The molecular weight excluding hydrogens is 564 g/mol. The summed E-state index contributed by atoms with van der Waals surface area (Å²) >= 11 is 0. The van der Waals surface area contributed by atoms with Crippen LogP contribution in [0.4, 0.5) is 0 Å². The monoisotopic (exact) mass is 602 g/mol. The van der Waals surface area contributed by atoms with Crippen LogP contribution in [0.1, 0.15) is 26.3 Å². The molecule has 0 amide bonds. The van der Waals surface area contributed by atoms with Gasteiger partial charge in [-0.25, -0.2) is 14.5 Å². The highest BCUT2D eigenvalue weighted by atomic mass is 28.4. The van der Waals surface area contributed by atoms with Crippen molar-refractivity contribution in [3.8, 4) is 5.82 Å². The third-order valence-electron chi connectivity index (χ3n) is 7.90. The smallest absolute Gasteiger partial charge is 0.349 e. The molecule has 12 heteroatoms. The molecule has 0 saturated carbocycles. The third kappa shape index (κ3) is 5.96. The van der Waals surface area contributed by atoms with Gasteiger partial charge in [-0.15, -0.1) is 5.16 Å². The first-order valence-corrected chi connectivity index (χ1v) is 16.1. The molecule has 2 aromatic carbocycles. The van der Waals surface area contributed by atoms with E-state index in [-0.39, 0.29) is 18.2 Å². The van der Waals surface area contributed by atoms with Gasteiger partial charge in [0.15, 0.2) is 5.82 Å². The predicted molar refractivity (Wildman–Crippen MR) is 166 cm³/mol. The standard InChI is InChI=1S/C31H38N6O5Si/c1-22-17-36(30(38)35-29(22)37-21-33-20-34-37)18-25-27(39-6)28(26(41-25)19-40-32-5)42-43(31(2,3)4,23-13-9-7-10-14-23)24-15-11-8-12-16-24/h7-17,20-21,25-28H,5,18-19H2,1-4,6H3/t25-,26+,27-,28+/m0/s1. The molecular formula is C31H38N6O5Si. The SMILES string of the molecule is C=NOC[C@H]1O[C@@H](Cn2cc(C)c(-n3cncn3)nc2=O)[C@H](OC)[C@@H]1O[Si](c1ccccc1)(c1ccccc1)C(C)(C)C. The predicted octanol–water partition coefficient (Wildman–Crippen LogP) is 2.49. The van der Waals surface area contributed by atoms with Crippen LogP contribution in [0.3, 0.4) is 0 Å². The van der Waals surface area contributed by atoms with Crippen LogP contribution in [0.25, 0.3) is 5.82 Å². The van der Waals surface area contributed by atoms with Gasteiger partial charge in [0, 0.05) is 25.6 Å². The Labute approximate surface area is 252 Å². The van der Waals surface area contributed by atoms with E-state index in [4.69, 9.17) is 18.7 Å². The summed E-state index contributed by atoms with van der Waals surface area (Å²) in [6.07, 6.45) is 2.50. The zero-order valence-corrected chi connectivity index (χ0v) is 26.2. The number of rotatable bonds is 11. The molecule has 11 nitrogen and oxygen atoms in total. The number of benzene rings is 2. The van der Waals surface area contributed by atoms with Crippen molar-refractivity contribution in [2.24, 2.45) is 5.16 Å². The lowest BCUT2D eigenvalue weighted by atomic mass is 10.1. The summed E-state index contributed by atoms with van der Waals surface area (Å²) in [5, 5.41) is 9.72. The minimum absolute atomic E-state index is 0.111. The number of nitrogens with zero attached hydrogens (tertiary/aromatic N) is 6. The number of aryl methyl sites for hydroxylation is 1. The van der Waals surface area contributed by atoms with E-state index in [0.717, 1.165) is 15.9 Å². The number of oxime groups is 1. The van der Waals surface area contributed by atoms with Gasteiger partial charge < -0.3 is 18.7 Å². The number of aromatic nitrogens is 5. The van der Waals surface area contributed by atoms with Gasteiger partial charge in [-0.05, 0) is 22.3 Å². The van der Waals surface area contributed by atoms with Crippen molar-refractivity contribution in [3.05, 3.63) is 95.6 Å². The van der Waals surface area contributed by atoms with Crippen LogP contribution in [-0.4, -0.2) is 77.5 Å². The van der Waals surface area contributed by atoms with E-state index in [1.54, 1.807) is 13.3 Å². The molecule has 0 aliphatic carbocycles. The van der Waals surface area contributed by atoms with Crippen molar-refractivity contribution in [1.82, 2.24) is 24.3 Å². The van der Waals surface area contributed by atoms with E-state index in [1.165, 1.54) is 21.9 Å². The summed E-state index contributed by atoms with van der Waals surface area (Å²) in [4.78, 5) is 26.8. The molecule has 1 aliphatic heterocycles. The Morgan fingerprint density at radius 2 is 1.67 bits per heavy atom. The van der Waals surface area contributed by atoms with E-state index in [1.807, 2.05) is 43.3 Å². The van der Waals surface area contributed by atoms with Crippen molar-refractivity contribution in [2.45, 2.75) is 63.7 Å². The van der Waals surface area contributed by atoms with Crippen LogP contribution in [0, 0.1) is 6.92 Å². The Hall–Kier alpha value is -3.97. The lowest BCUT2D eigenvalue weighted by molar-refractivity contribution is -0.0445. The minimum atomic E-state index is -2.99. The first kappa shape index (κ1) is 30.5. The molecule has 4 aromatic rings. The molecule has 1 saturated heterocycles. The van der Waals surface area contributed by atoms with Gasteiger partial charge in [0.25, 0.3) is 8.32 Å². The fraction of sp³-hybridized carbons (Fsp3) is 0.387. The Bertz CT molecular complexity index is 1520. The first-order chi connectivity index (χ1) is 20.7. The van der Waals surface area contributed by atoms with E-state index in [9.17, 15) is 4.79 Å². The van der Waals surface area contributed by atoms with Gasteiger partial charge in [0.05, 0.1) is 6.54 Å². The van der Waals surface area contributed by atoms with Gasteiger partial charge in [-0.3, -0.25) is 4.57 Å². The normalized spacial score (nSPS) is 20.7. The zero-order valence-electron chi connectivity index (χ0n) is 25.2. The van der Waals surface area contributed by atoms with Gasteiger partial charge in [-0.1, -0.05) is 81.4 Å². The highest BCUT2D eigenvalue weighted by molar-refractivity contribution is 6.99. The highest BCUT2D eigenvalue weighted by Crippen LogP contribution is 2.40. The van der Waals surface area contributed by atoms with Gasteiger partial charge in [-0.2, -0.15) is 10.1 Å². The maximum absolute atomic E-state index is 13.2. The molecule has 4 atom stereocenters. The number of hydrogen-bond acceptors (Lipinski definition) is 9. The average Bonchev–Trinajstić information content (AvgIpc) is 3.65. The minimum Gasteiger partial charge on any atom is -0.399 e. The second-order valence-electron chi connectivity index (χ2n) is 11.6. The molecule has 1 fully saturated rings. The van der Waals surface area contributed by atoms with Crippen molar-refractivity contribution < 1.29 is 18.7 Å². The van der Waals surface area contributed by atoms with Crippen LogP contribution in [0.15, 0.2) is 89.5 Å². The van der Waals surface area contributed by atoms with Gasteiger partial charge in [0.1, 0.15) is 43.7 Å². The molecule has 0 bridgehead atoms. The molecule has 226 valence electrons. The van der Waals surface area contributed by atoms with Crippen LogP contribution in [0.5, 0.6) is 0 Å². The number of ether oxygens (including phenoxy) is 2. The molecule has 43 heavy (non-hydrogen) atoms. The van der Waals surface area contributed by atoms with Crippen LogP contribution >= 0.6 is 0 Å². The summed E-state index contributed by atoms with van der Waals surface area (Å²) in [7, 11) is -1.35. The number of methoxy groups -OCH3 is 1. The molecule has 0 spiro atoms. The van der Waals surface area contributed by atoms with E-state index in [0.29, 0.717) is 5.82 Å². The summed E-state index contributed by atoms with van der Waals surface area (Å²) in [5.74, 6) is 0.422. The lowest BCUT2D eigenvalue weighted by Crippen LogP contribution is -2.69. The molecule has 5 rings (SSSR count). The molecule has 3 heterocycles. The molecule has 2 aromatic heterocycles. The maximum atomic E-state index is 13.2.